The number of hydrogen-bond acceptors (Lipinski definition) is 6. The third-order valence-corrected chi connectivity index (χ3v) is 5.52. The van der Waals surface area contributed by atoms with E-state index in [4.69, 9.17) is 13.9 Å². The summed E-state index contributed by atoms with van der Waals surface area (Å²) in [7, 11) is 1.81. The predicted octanol–water partition coefficient (Wildman–Crippen LogP) is 3.89. The van der Waals surface area contributed by atoms with Crippen LogP contribution in [0.4, 0.5) is 0 Å². The molecule has 31 heavy (non-hydrogen) atoms. The van der Waals surface area contributed by atoms with Gasteiger partial charge in [-0.1, -0.05) is 35.9 Å². The molecule has 1 unspecified atom stereocenters. The lowest BCUT2D eigenvalue weighted by Crippen LogP contribution is -2.30. The Balaban J connectivity index is 1.32. The number of carbonyl (C=O) groups excluding carboxylic acids is 1. The summed E-state index contributed by atoms with van der Waals surface area (Å²) in [6.45, 7) is 5.14. The first-order chi connectivity index (χ1) is 15.0. The molecule has 162 valence electrons. The zero-order valence-electron chi connectivity index (χ0n) is 18.1. The number of benzene rings is 2. The topological polar surface area (TPSA) is 77.7 Å². The fourth-order valence-corrected chi connectivity index (χ4v) is 3.61. The predicted molar refractivity (Wildman–Crippen MR) is 115 cm³/mol. The SMILES string of the molecule is Cc1cccc(Cc2nnc(CCC(=O)N(C)C(C)c3ccc4c(c3)OCCO4)o2)c1. The fraction of sp³-hybridized carbons (Fsp3) is 0.375. The zero-order valence-corrected chi connectivity index (χ0v) is 18.1. The van der Waals surface area contributed by atoms with Crippen LogP contribution in [0.2, 0.25) is 0 Å². The summed E-state index contributed by atoms with van der Waals surface area (Å²) in [5.74, 6) is 2.53. The van der Waals surface area contributed by atoms with Gasteiger partial charge < -0.3 is 18.8 Å². The zero-order chi connectivity index (χ0) is 21.8. The monoisotopic (exact) mass is 421 g/mol. The number of nitrogens with zero attached hydrogens (tertiary/aromatic N) is 3. The second kappa shape index (κ2) is 9.20. The molecule has 0 spiro atoms. The van der Waals surface area contributed by atoms with E-state index in [9.17, 15) is 4.79 Å². The van der Waals surface area contributed by atoms with Crippen LogP contribution < -0.4 is 9.47 Å². The second-order valence-corrected chi connectivity index (χ2v) is 7.84. The van der Waals surface area contributed by atoms with Gasteiger partial charge in [-0.3, -0.25) is 4.79 Å². The Morgan fingerprint density at radius 1 is 1.06 bits per heavy atom. The molecule has 7 nitrogen and oxygen atoms in total. The quantitative estimate of drug-likeness (QED) is 0.576. The van der Waals surface area contributed by atoms with Gasteiger partial charge in [-0.15, -0.1) is 10.2 Å². The maximum Gasteiger partial charge on any atom is 0.223 e. The summed E-state index contributed by atoms with van der Waals surface area (Å²) in [6.07, 6.45) is 1.30. The molecule has 0 N–H and O–H groups in total. The first kappa shape index (κ1) is 20.9. The molecular weight excluding hydrogens is 394 g/mol. The largest absolute Gasteiger partial charge is 0.486 e. The van der Waals surface area contributed by atoms with Gasteiger partial charge >= 0.3 is 0 Å². The highest BCUT2D eigenvalue weighted by atomic mass is 16.6. The number of rotatable bonds is 7. The molecule has 7 heteroatoms. The van der Waals surface area contributed by atoms with Crippen LogP contribution in [-0.4, -0.2) is 41.3 Å². The number of aryl methyl sites for hydroxylation is 2. The lowest BCUT2D eigenvalue weighted by atomic mass is 10.1. The Morgan fingerprint density at radius 2 is 1.84 bits per heavy atom. The van der Waals surface area contributed by atoms with Crippen molar-refractivity contribution in [1.82, 2.24) is 15.1 Å². The van der Waals surface area contributed by atoms with Gasteiger partial charge in [0.1, 0.15) is 13.2 Å². The number of hydrogen-bond donors (Lipinski definition) is 0. The Morgan fingerprint density at radius 3 is 2.65 bits per heavy atom. The van der Waals surface area contributed by atoms with E-state index in [0.717, 1.165) is 22.6 Å². The number of ether oxygens (including phenoxy) is 2. The molecule has 1 aromatic heterocycles. The van der Waals surface area contributed by atoms with Crippen molar-refractivity contribution in [2.24, 2.45) is 0 Å². The molecule has 4 rings (SSSR count). The summed E-state index contributed by atoms with van der Waals surface area (Å²) in [6, 6.07) is 13.9. The van der Waals surface area contributed by atoms with E-state index in [2.05, 4.69) is 29.3 Å². The molecular formula is C24H27N3O4. The summed E-state index contributed by atoms with van der Waals surface area (Å²) in [5, 5.41) is 8.22. The molecule has 2 aromatic carbocycles. The Bertz CT molecular complexity index is 1060. The van der Waals surface area contributed by atoms with Gasteiger partial charge in [-0.2, -0.15) is 0 Å². The minimum absolute atomic E-state index is 0.0147. The van der Waals surface area contributed by atoms with Crippen LogP contribution in [0.1, 0.15) is 47.9 Å². The number of amides is 1. The van der Waals surface area contributed by atoms with E-state index >= 15 is 0 Å². The minimum Gasteiger partial charge on any atom is -0.486 e. The minimum atomic E-state index is -0.0945. The molecule has 0 bridgehead atoms. The van der Waals surface area contributed by atoms with Crippen molar-refractivity contribution in [3.05, 3.63) is 70.9 Å². The van der Waals surface area contributed by atoms with E-state index in [1.165, 1.54) is 5.56 Å². The van der Waals surface area contributed by atoms with Crippen LogP contribution in [0.15, 0.2) is 46.9 Å². The number of aromatic nitrogens is 2. The highest BCUT2D eigenvalue weighted by molar-refractivity contribution is 5.76. The molecule has 1 aliphatic rings. The van der Waals surface area contributed by atoms with Gasteiger partial charge in [0.05, 0.1) is 12.5 Å². The van der Waals surface area contributed by atoms with E-state index in [0.29, 0.717) is 44.3 Å². The van der Waals surface area contributed by atoms with Gasteiger partial charge in [-0.05, 0) is 37.1 Å². The van der Waals surface area contributed by atoms with E-state index in [-0.39, 0.29) is 11.9 Å². The van der Waals surface area contributed by atoms with Crippen LogP contribution in [0.25, 0.3) is 0 Å². The molecule has 0 aliphatic carbocycles. The van der Waals surface area contributed by atoms with Crippen LogP contribution in [-0.2, 0) is 17.6 Å². The third kappa shape index (κ3) is 5.05. The van der Waals surface area contributed by atoms with Gasteiger partial charge in [0.15, 0.2) is 11.5 Å². The van der Waals surface area contributed by atoms with Crippen molar-refractivity contribution in [1.29, 1.82) is 0 Å². The highest BCUT2D eigenvalue weighted by Gasteiger charge is 2.21. The van der Waals surface area contributed by atoms with Crippen LogP contribution in [0, 0.1) is 6.92 Å². The number of carbonyl (C=O) groups is 1. The summed E-state index contributed by atoms with van der Waals surface area (Å²) >= 11 is 0. The molecule has 1 aliphatic heterocycles. The maximum atomic E-state index is 12.7. The van der Waals surface area contributed by atoms with Crippen molar-refractivity contribution in [3.8, 4) is 11.5 Å². The highest BCUT2D eigenvalue weighted by Crippen LogP contribution is 2.33. The molecule has 0 fully saturated rings. The molecule has 2 heterocycles. The van der Waals surface area contributed by atoms with Crippen LogP contribution >= 0.6 is 0 Å². The van der Waals surface area contributed by atoms with Crippen molar-refractivity contribution in [3.63, 3.8) is 0 Å². The first-order valence-corrected chi connectivity index (χ1v) is 10.5. The fourth-order valence-electron chi connectivity index (χ4n) is 3.61. The Labute approximate surface area is 182 Å². The molecule has 1 amide bonds. The molecule has 3 aromatic rings. The summed E-state index contributed by atoms with van der Waals surface area (Å²) < 4.78 is 17.0. The molecule has 0 saturated heterocycles. The maximum absolute atomic E-state index is 12.7. The van der Waals surface area contributed by atoms with Gasteiger partial charge in [0.2, 0.25) is 17.7 Å². The third-order valence-electron chi connectivity index (χ3n) is 5.52. The average molecular weight is 421 g/mol. The van der Waals surface area contributed by atoms with Crippen LogP contribution in [0.5, 0.6) is 11.5 Å². The Kier molecular flexibility index (Phi) is 6.21. The van der Waals surface area contributed by atoms with Gasteiger partial charge in [-0.25, -0.2) is 0 Å². The lowest BCUT2D eigenvalue weighted by Gasteiger charge is -2.27. The Hall–Kier alpha value is -3.35. The van der Waals surface area contributed by atoms with E-state index in [1.807, 2.05) is 37.3 Å². The molecule has 1 atom stereocenters. The second-order valence-electron chi connectivity index (χ2n) is 7.84. The smallest absolute Gasteiger partial charge is 0.223 e. The standard InChI is InChI=1S/C24H27N3O4/c1-16-5-4-6-18(13-16)14-23-26-25-22(31-23)9-10-24(28)27(3)17(2)19-7-8-20-21(15-19)30-12-11-29-20/h4-8,13,15,17H,9-12,14H2,1-3H3. The van der Waals surface area contributed by atoms with Crippen molar-refractivity contribution in [2.45, 2.75) is 39.2 Å². The van der Waals surface area contributed by atoms with E-state index in [1.54, 1.807) is 11.9 Å². The van der Waals surface area contributed by atoms with Crippen molar-refractivity contribution < 1.29 is 18.7 Å². The molecule has 0 saturated carbocycles. The normalized spacial score (nSPS) is 13.6. The van der Waals surface area contributed by atoms with Crippen molar-refractivity contribution in [2.75, 3.05) is 20.3 Å². The van der Waals surface area contributed by atoms with Gasteiger partial charge in [0.25, 0.3) is 0 Å². The van der Waals surface area contributed by atoms with Crippen molar-refractivity contribution >= 4 is 5.91 Å². The summed E-state index contributed by atoms with van der Waals surface area (Å²) in [4.78, 5) is 14.5. The van der Waals surface area contributed by atoms with E-state index < -0.39 is 0 Å². The van der Waals surface area contributed by atoms with Gasteiger partial charge in [0, 0.05) is 19.9 Å². The lowest BCUT2D eigenvalue weighted by molar-refractivity contribution is -0.131. The first-order valence-electron chi connectivity index (χ1n) is 10.5. The van der Waals surface area contributed by atoms with Crippen LogP contribution in [0.3, 0.4) is 0 Å². The molecule has 0 radical (unpaired) electrons. The summed E-state index contributed by atoms with van der Waals surface area (Å²) in [5.41, 5.74) is 3.32. The number of fused-ring (bicyclic) bond motifs is 1. The average Bonchev–Trinajstić information content (AvgIpc) is 3.23.